The van der Waals surface area contributed by atoms with Gasteiger partial charge in [-0.1, -0.05) is 5.92 Å². The minimum atomic E-state index is -0.805. The lowest BCUT2D eigenvalue weighted by atomic mass is 9.97. The number of thioether (sulfide) groups is 1. The molecule has 1 saturated heterocycles. The summed E-state index contributed by atoms with van der Waals surface area (Å²) >= 11 is 1.59. The van der Waals surface area contributed by atoms with Crippen LogP contribution in [0.4, 0.5) is 4.79 Å². The monoisotopic (exact) mass is 256 g/mol. The Labute approximate surface area is 105 Å². The molecule has 0 spiro atoms. The maximum Gasteiger partial charge on any atom is 0.317 e. The SMILES string of the molecule is C#CCSCCNC(=O)N1CC(CC(=O)O)C1. The summed E-state index contributed by atoms with van der Waals surface area (Å²) < 4.78 is 0. The minimum Gasteiger partial charge on any atom is -0.481 e. The molecule has 1 heterocycles. The van der Waals surface area contributed by atoms with E-state index in [1.807, 2.05) is 0 Å². The van der Waals surface area contributed by atoms with Gasteiger partial charge >= 0.3 is 12.0 Å². The lowest BCUT2D eigenvalue weighted by molar-refractivity contribution is -0.139. The Morgan fingerprint density at radius 1 is 1.53 bits per heavy atom. The molecule has 0 aliphatic carbocycles. The van der Waals surface area contributed by atoms with Crippen molar-refractivity contribution in [1.82, 2.24) is 10.2 Å². The average Bonchev–Trinajstić information content (AvgIpc) is 2.22. The number of terminal acetylenes is 1. The summed E-state index contributed by atoms with van der Waals surface area (Å²) in [4.78, 5) is 23.5. The highest BCUT2D eigenvalue weighted by Crippen LogP contribution is 2.18. The zero-order chi connectivity index (χ0) is 12.7. The van der Waals surface area contributed by atoms with E-state index in [9.17, 15) is 9.59 Å². The van der Waals surface area contributed by atoms with Crippen LogP contribution < -0.4 is 5.32 Å². The standard InChI is InChI=1S/C11H16N2O3S/c1-2-4-17-5-3-12-11(16)13-7-9(8-13)6-10(14)15/h1,9H,3-8H2,(H,12,16)(H,14,15). The summed E-state index contributed by atoms with van der Waals surface area (Å²) in [6, 6.07) is -0.118. The Bertz CT molecular complexity index is 321. The zero-order valence-corrected chi connectivity index (χ0v) is 10.3. The molecule has 2 N–H and O–H groups in total. The summed E-state index contributed by atoms with van der Waals surface area (Å²) in [5.41, 5.74) is 0. The van der Waals surface area contributed by atoms with Crippen LogP contribution in [0.15, 0.2) is 0 Å². The molecule has 1 aliphatic heterocycles. The van der Waals surface area contributed by atoms with Gasteiger partial charge in [-0.05, 0) is 0 Å². The first-order valence-electron chi connectivity index (χ1n) is 5.39. The number of nitrogens with zero attached hydrogens (tertiary/aromatic N) is 1. The summed E-state index contributed by atoms with van der Waals surface area (Å²) in [6.45, 7) is 1.66. The van der Waals surface area contributed by atoms with Crippen LogP contribution in [0.3, 0.4) is 0 Å². The molecular formula is C11H16N2O3S. The number of hydrogen-bond acceptors (Lipinski definition) is 3. The fourth-order valence-electron chi connectivity index (χ4n) is 1.58. The van der Waals surface area contributed by atoms with Gasteiger partial charge < -0.3 is 15.3 Å². The lowest BCUT2D eigenvalue weighted by Gasteiger charge is -2.38. The molecule has 0 unspecified atom stereocenters. The third kappa shape index (κ3) is 5.00. The van der Waals surface area contributed by atoms with Crippen LogP contribution in [0.25, 0.3) is 0 Å². The summed E-state index contributed by atoms with van der Waals surface area (Å²) in [7, 11) is 0. The fraction of sp³-hybridized carbons (Fsp3) is 0.636. The van der Waals surface area contributed by atoms with E-state index in [-0.39, 0.29) is 18.4 Å². The molecule has 0 saturated carbocycles. The van der Waals surface area contributed by atoms with Gasteiger partial charge in [-0.2, -0.15) is 0 Å². The van der Waals surface area contributed by atoms with E-state index >= 15 is 0 Å². The van der Waals surface area contributed by atoms with Crippen molar-refractivity contribution >= 4 is 23.8 Å². The number of rotatable bonds is 6. The van der Waals surface area contributed by atoms with Gasteiger partial charge in [0.1, 0.15) is 0 Å². The zero-order valence-electron chi connectivity index (χ0n) is 9.52. The first kappa shape index (κ1) is 13.7. The second kappa shape index (κ2) is 7.07. The van der Waals surface area contributed by atoms with Gasteiger partial charge in [0, 0.05) is 31.3 Å². The van der Waals surface area contributed by atoms with Crippen molar-refractivity contribution in [3.05, 3.63) is 0 Å². The molecule has 17 heavy (non-hydrogen) atoms. The van der Waals surface area contributed by atoms with Gasteiger partial charge in [-0.15, -0.1) is 18.2 Å². The van der Waals surface area contributed by atoms with Crippen molar-refractivity contribution in [3.63, 3.8) is 0 Å². The van der Waals surface area contributed by atoms with Gasteiger partial charge in [0.15, 0.2) is 0 Å². The predicted octanol–water partition coefficient (Wildman–Crippen LogP) is 0.469. The van der Waals surface area contributed by atoms with Crippen molar-refractivity contribution < 1.29 is 14.7 Å². The van der Waals surface area contributed by atoms with Gasteiger partial charge in [-0.3, -0.25) is 4.79 Å². The van der Waals surface area contributed by atoms with Crippen molar-refractivity contribution in [2.45, 2.75) is 6.42 Å². The van der Waals surface area contributed by atoms with E-state index in [1.54, 1.807) is 16.7 Å². The minimum absolute atomic E-state index is 0.106. The molecule has 2 amide bonds. The molecule has 0 bridgehead atoms. The molecule has 1 aliphatic rings. The maximum atomic E-state index is 11.5. The Balaban J connectivity index is 2.03. The lowest BCUT2D eigenvalue weighted by Crippen LogP contribution is -2.54. The van der Waals surface area contributed by atoms with Gasteiger partial charge in [0.2, 0.25) is 0 Å². The van der Waals surface area contributed by atoms with Crippen LogP contribution in [0.5, 0.6) is 0 Å². The van der Waals surface area contributed by atoms with Crippen LogP contribution in [-0.4, -0.2) is 53.1 Å². The van der Waals surface area contributed by atoms with Crippen molar-refractivity contribution in [2.75, 3.05) is 31.1 Å². The molecule has 94 valence electrons. The topological polar surface area (TPSA) is 69.6 Å². The predicted molar refractivity (Wildman–Crippen MR) is 66.9 cm³/mol. The van der Waals surface area contributed by atoms with Crippen LogP contribution >= 0.6 is 11.8 Å². The number of aliphatic carboxylic acids is 1. The van der Waals surface area contributed by atoms with Crippen molar-refractivity contribution in [2.24, 2.45) is 5.92 Å². The molecule has 0 atom stereocenters. The van der Waals surface area contributed by atoms with Crippen LogP contribution in [-0.2, 0) is 4.79 Å². The number of hydrogen-bond donors (Lipinski definition) is 2. The van der Waals surface area contributed by atoms with Crippen molar-refractivity contribution in [3.8, 4) is 12.3 Å². The number of carbonyl (C=O) groups is 2. The smallest absolute Gasteiger partial charge is 0.317 e. The molecule has 0 radical (unpaired) electrons. The largest absolute Gasteiger partial charge is 0.481 e. The van der Waals surface area contributed by atoms with E-state index in [2.05, 4.69) is 11.2 Å². The van der Waals surface area contributed by atoms with Gasteiger partial charge in [0.05, 0.1) is 12.2 Å². The number of nitrogens with one attached hydrogen (secondary N) is 1. The second-order valence-electron chi connectivity index (χ2n) is 3.86. The van der Waals surface area contributed by atoms with E-state index < -0.39 is 5.97 Å². The van der Waals surface area contributed by atoms with E-state index in [4.69, 9.17) is 11.5 Å². The number of urea groups is 1. The Morgan fingerprint density at radius 2 is 2.24 bits per heavy atom. The Kier molecular flexibility index (Phi) is 5.70. The van der Waals surface area contributed by atoms with Gasteiger partial charge in [0.25, 0.3) is 0 Å². The third-order valence-corrected chi connectivity index (χ3v) is 3.28. The van der Waals surface area contributed by atoms with Crippen LogP contribution in [0.2, 0.25) is 0 Å². The summed E-state index contributed by atoms with van der Waals surface area (Å²) in [5, 5.41) is 11.3. The number of carbonyl (C=O) groups excluding carboxylic acids is 1. The van der Waals surface area contributed by atoms with E-state index in [0.717, 1.165) is 5.75 Å². The molecule has 0 aromatic carbocycles. The molecule has 0 aromatic rings. The Morgan fingerprint density at radius 3 is 2.82 bits per heavy atom. The third-order valence-electron chi connectivity index (χ3n) is 2.42. The molecule has 5 nitrogen and oxygen atoms in total. The summed E-state index contributed by atoms with van der Waals surface area (Å²) in [5.74, 6) is 3.26. The normalized spacial score (nSPS) is 14.9. The number of carboxylic acids is 1. The molecule has 1 fully saturated rings. The second-order valence-corrected chi connectivity index (χ2v) is 4.96. The van der Waals surface area contributed by atoms with Crippen LogP contribution in [0, 0.1) is 18.3 Å². The highest BCUT2D eigenvalue weighted by molar-refractivity contribution is 7.99. The highest BCUT2D eigenvalue weighted by atomic mass is 32.2. The summed E-state index contributed by atoms with van der Waals surface area (Å²) in [6.07, 6.45) is 5.23. The number of carboxylic acid groups (broad SMARTS) is 1. The molecule has 0 aromatic heterocycles. The molecule has 1 rings (SSSR count). The maximum absolute atomic E-state index is 11.5. The number of amides is 2. The first-order valence-corrected chi connectivity index (χ1v) is 6.54. The first-order chi connectivity index (χ1) is 8.13. The highest BCUT2D eigenvalue weighted by Gasteiger charge is 2.31. The van der Waals surface area contributed by atoms with Gasteiger partial charge in [-0.25, -0.2) is 4.79 Å². The van der Waals surface area contributed by atoms with E-state index in [1.165, 1.54) is 0 Å². The van der Waals surface area contributed by atoms with E-state index in [0.29, 0.717) is 25.4 Å². The average molecular weight is 256 g/mol. The van der Waals surface area contributed by atoms with Crippen molar-refractivity contribution in [1.29, 1.82) is 0 Å². The van der Waals surface area contributed by atoms with Crippen LogP contribution in [0.1, 0.15) is 6.42 Å². The number of likely N-dealkylation sites (tertiary alicyclic amines) is 1. The molecular weight excluding hydrogens is 240 g/mol. The molecule has 6 heteroatoms. The fourth-order valence-corrected chi connectivity index (χ4v) is 2.09. The quantitative estimate of drug-likeness (QED) is 0.535. The Hall–Kier alpha value is -1.35.